The van der Waals surface area contributed by atoms with Crippen LogP contribution in [0.25, 0.3) is 0 Å². The predicted octanol–water partition coefficient (Wildman–Crippen LogP) is 3.34. The first-order valence-electron chi connectivity index (χ1n) is 8.28. The van der Waals surface area contributed by atoms with Gasteiger partial charge in [-0.2, -0.15) is 0 Å². The normalized spacial score (nSPS) is 15.2. The number of nitrogens with zero attached hydrogens (tertiary/aromatic N) is 2. The molecule has 1 aliphatic rings. The highest BCUT2D eigenvalue weighted by Gasteiger charge is 2.20. The Hall–Kier alpha value is -1.67. The van der Waals surface area contributed by atoms with E-state index in [9.17, 15) is 5.11 Å². The van der Waals surface area contributed by atoms with Crippen molar-refractivity contribution >= 4 is 28.3 Å². The van der Waals surface area contributed by atoms with Crippen LogP contribution in [-0.4, -0.2) is 50.4 Å². The van der Waals surface area contributed by atoms with Gasteiger partial charge in [-0.25, -0.2) is 0 Å². The number of phenols is 1. The molecule has 6 heteroatoms. The number of aromatic hydroxyl groups is 1. The summed E-state index contributed by atoms with van der Waals surface area (Å²) in [5, 5.41) is 9.97. The van der Waals surface area contributed by atoms with Gasteiger partial charge in [-0.3, -0.25) is 4.90 Å². The quantitative estimate of drug-likeness (QED) is 0.703. The van der Waals surface area contributed by atoms with E-state index < -0.39 is 0 Å². The van der Waals surface area contributed by atoms with Gasteiger partial charge in [0.15, 0.2) is 11.5 Å². The van der Waals surface area contributed by atoms with Gasteiger partial charge in [0.25, 0.3) is 0 Å². The molecule has 0 aromatic heterocycles. The fourth-order valence-corrected chi connectivity index (χ4v) is 3.84. The Bertz CT molecular complexity index is 731. The van der Waals surface area contributed by atoms with Crippen LogP contribution in [0.4, 0.5) is 5.69 Å². The van der Waals surface area contributed by atoms with Crippen molar-refractivity contribution in [3.63, 3.8) is 0 Å². The molecule has 1 heterocycles. The second-order valence-electron chi connectivity index (χ2n) is 6.06. The van der Waals surface area contributed by atoms with E-state index in [1.54, 1.807) is 14.2 Å². The van der Waals surface area contributed by atoms with Gasteiger partial charge in [-0.05, 0) is 52.4 Å². The number of hydrogen-bond acceptors (Lipinski definition) is 5. The van der Waals surface area contributed by atoms with Gasteiger partial charge in [0.2, 0.25) is 0 Å². The van der Waals surface area contributed by atoms with Crippen LogP contribution in [0.15, 0.2) is 36.4 Å². The molecule has 2 aromatic rings. The molecule has 0 amide bonds. The molecule has 1 saturated heterocycles. The van der Waals surface area contributed by atoms with Crippen molar-refractivity contribution in [1.29, 1.82) is 0 Å². The van der Waals surface area contributed by atoms with E-state index in [0.29, 0.717) is 5.75 Å². The number of anilines is 1. The van der Waals surface area contributed by atoms with E-state index >= 15 is 0 Å². The summed E-state index contributed by atoms with van der Waals surface area (Å²) in [6.07, 6.45) is 0. The van der Waals surface area contributed by atoms with Crippen LogP contribution in [0.1, 0.15) is 5.56 Å². The van der Waals surface area contributed by atoms with Crippen LogP contribution >= 0.6 is 22.6 Å². The molecule has 0 atom stereocenters. The molecule has 0 aliphatic carbocycles. The van der Waals surface area contributed by atoms with Gasteiger partial charge in [-0.1, -0.05) is 12.1 Å². The molecule has 0 spiro atoms. The lowest BCUT2D eigenvalue weighted by atomic mass is 10.1. The van der Waals surface area contributed by atoms with Gasteiger partial charge < -0.3 is 19.5 Å². The number of piperazine rings is 1. The van der Waals surface area contributed by atoms with Crippen molar-refractivity contribution in [3.05, 3.63) is 45.5 Å². The molecular formula is C19H23IN2O3. The van der Waals surface area contributed by atoms with E-state index in [1.165, 1.54) is 0 Å². The average Bonchev–Trinajstić information content (AvgIpc) is 2.65. The first-order chi connectivity index (χ1) is 12.1. The summed E-state index contributed by atoms with van der Waals surface area (Å²) in [5.41, 5.74) is 2.32. The van der Waals surface area contributed by atoms with Crippen molar-refractivity contribution in [2.24, 2.45) is 0 Å². The Balaban J connectivity index is 1.64. The van der Waals surface area contributed by atoms with Crippen LogP contribution in [-0.2, 0) is 6.54 Å². The van der Waals surface area contributed by atoms with Crippen LogP contribution < -0.4 is 14.4 Å². The zero-order valence-corrected chi connectivity index (χ0v) is 16.7. The number of benzene rings is 2. The fraction of sp³-hybridized carbons (Fsp3) is 0.368. The summed E-state index contributed by atoms with van der Waals surface area (Å²) in [5.74, 6) is 1.68. The summed E-state index contributed by atoms with van der Waals surface area (Å²) >= 11 is 2.14. The Morgan fingerprint density at radius 2 is 1.68 bits per heavy atom. The molecule has 2 aromatic carbocycles. The topological polar surface area (TPSA) is 45.2 Å². The number of phenolic OH excluding ortho intramolecular Hbond substituents is 1. The molecule has 0 saturated carbocycles. The highest BCUT2D eigenvalue weighted by Crippen LogP contribution is 2.33. The van der Waals surface area contributed by atoms with E-state index in [-0.39, 0.29) is 5.75 Å². The van der Waals surface area contributed by atoms with Gasteiger partial charge in [-0.15, -0.1) is 0 Å². The van der Waals surface area contributed by atoms with Gasteiger partial charge in [0, 0.05) is 32.7 Å². The van der Waals surface area contributed by atoms with E-state index in [2.05, 4.69) is 44.5 Å². The molecule has 134 valence electrons. The molecular weight excluding hydrogens is 431 g/mol. The maximum atomic E-state index is 9.97. The molecule has 1 N–H and O–H groups in total. The monoisotopic (exact) mass is 454 g/mol. The number of methoxy groups -OCH3 is 2. The third-order valence-electron chi connectivity index (χ3n) is 4.51. The van der Waals surface area contributed by atoms with E-state index in [0.717, 1.165) is 53.3 Å². The predicted molar refractivity (Wildman–Crippen MR) is 108 cm³/mol. The Kier molecular flexibility index (Phi) is 5.90. The minimum Gasteiger partial charge on any atom is -0.504 e. The SMILES string of the molecule is COc1ccccc1N1CCN(Cc2cc(I)c(O)c(OC)c2)CC1. The highest BCUT2D eigenvalue weighted by molar-refractivity contribution is 14.1. The minimum absolute atomic E-state index is 0.216. The van der Waals surface area contributed by atoms with E-state index in [1.807, 2.05) is 24.3 Å². The lowest BCUT2D eigenvalue weighted by molar-refractivity contribution is 0.248. The molecule has 25 heavy (non-hydrogen) atoms. The zero-order valence-electron chi connectivity index (χ0n) is 14.5. The van der Waals surface area contributed by atoms with E-state index in [4.69, 9.17) is 9.47 Å². The van der Waals surface area contributed by atoms with Crippen molar-refractivity contribution < 1.29 is 14.6 Å². The van der Waals surface area contributed by atoms with Crippen molar-refractivity contribution in [2.45, 2.75) is 6.54 Å². The summed E-state index contributed by atoms with van der Waals surface area (Å²) in [6.45, 7) is 4.75. The van der Waals surface area contributed by atoms with Gasteiger partial charge in [0.1, 0.15) is 5.75 Å². The van der Waals surface area contributed by atoms with Crippen molar-refractivity contribution in [1.82, 2.24) is 4.90 Å². The Morgan fingerprint density at radius 1 is 1.00 bits per heavy atom. The molecule has 3 rings (SSSR count). The van der Waals surface area contributed by atoms with Crippen molar-refractivity contribution in [3.8, 4) is 17.2 Å². The third-order valence-corrected chi connectivity index (χ3v) is 5.33. The van der Waals surface area contributed by atoms with Gasteiger partial charge >= 0.3 is 0 Å². The maximum Gasteiger partial charge on any atom is 0.171 e. The fourth-order valence-electron chi connectivity index (χ4n) is 3.17. The molecule has 0 radical (unpaired) electrons. The van der Waals surface area contributed by atoms with Crippen LogP contribution in [0.3, 0.4) is 0 Å². The highest BCUT2D eigenvalue weighted by atomic mass is 127. The first-order valence-corrected chi connectivity index (χ1v) is 9.36. The first kappa shape index (κ1) is 18.1. The van der Waals surface area contributed by atoms with Gasteiger partial charge in [0.05, 0.1) is 23.5 Å². The number of rotatable bonds is 5. The molecule has 0 bridgehead atoms. The standard InChI is InChI=1S/C19H23IN2O3/c1-24-17-6-4-3-5-16(17)22-9-7-21(8-10-22)13-14-11-15(20)19(23)18(12-14)25-2/h3-6,11-12,23H,7-10,13H2,1-2H3. The minimum atomic E-state index is 0.216. The lowest BCUT2D eigenvalue weighted by Crippen LogP contribution is -2.46. The smallest absolute Gasteiger partial charge is 0.171 e. The summed E-state index contributed by atoms with van der Waals surface area (Å²) in [4.78, 5) is 4.80. The maximum absolute atomic E-state index is 9.97. The summed E-state index contributed by atoms with van der Waals surface area (Å²) in [6, 6.07) is 12.1. The molecule has 0 unspecified atom stereocenters. The zero-order chi connectivity index (χ0) is 17.8. The molecule has 1 fully saturated rings. The largest absolute Gasteiger partial charge is 0.504 e. The summed E-state index contributed by atoms with van der Waals surface area (Å²) < 4.78 is 11.6. The van der Waals surface area contributed by atoms with Crippen LogP contribution in [0.2, 0.25) is 0 Å². The number of hydrogen-bond donors (Lipinski definition) is 1. The number of halogens is 1. The lowest BCUT2D eigenvalue weighted by Gasteiger charge is -2.36. The third kappa shape index (κ3) is 4.12. The Labute approximate surface area is 162 Å². The average molecular weight is 454 g/mol. The molecule has 1 aliphatic heterocycles. The Morgan fingerprint density at radius 3 is 2.36 bits per heavy atom. The van der Waals surface area contributed by atoms with Crippen molar-refractivity contribution in [2.75, 3.05) is 45.3 Å². The second-order valence-corrected chi connectivity index (χ2v) is 7.23. The summed E-state index contributed by atoms with van der Waals surface area (Å²) in [7, 11) is 3.30. The number of ether oxygens (including phenoxy) is 2. The van der Waals surface area contributed by atoms with Crippen LogP contribution in [0.5, 0.6) is 17.2 Å². The number of para-hydroxylation sites is 2. The van der Waals surface area contributed by atoms with Crippen LogP contribution in [0, 0.1) is 3.57 Å². The molecule has 5 nitrogen and oxygen atoms in total. The second kappa shape index (κ2) is 8.14.